The van der Waals surface area contributed by atoms with Crippen LogP contribution in [0, 0.1) is 5.82 Å². The van der Waals surface area contributed by atoms with Gasteiger partial charge in [0.05, 0.1) is 12.8 Å². The van der Waals surface area contributed by atoms with E-state index >= 15 is 0 Å². The smallest absolute Gasteiger partial charge is 0.227 e. The van der Waals surface area contributed by atoms with Crippen molar-refractivity contribution in [3.8, 4) is 0 Å². The highest BCUT2D eigenvalue weighted by Crippen LogP contribution is 2.11. The van der Waals surface area contributed by atoms with Gasteiger partial charge in [0.1, 0.15) is 5.82 Å². The molecule has 1 aromatic carbocycles. The van der Waals surface area contributed by atoms with E-state index in [0.717, 1.165) is 5.56 Å². The van der Waals surface area contributed by atoms with Crippen molar-refractivity contribution in [2.75, 3.05) is 26.2 Å². The zero-order valence-corrected chi connectivity index (χ0v) is 13.4. The van der Waals surface area contributed by atoms with Gasteiger partial charge in [-0.25, -0.2) is 4.39 Å². The summed E-state index contributed by atoms with van der Waals surface area (Å²) < 4.78 is 13.6. The average molecular weight is 329 g/mol. The summed E-state index contributed by atoms with van der Waals surface area (Å²) in [5.74, 6) is -0.389. The second kappa shape index (κ2) is 7.29. The Morgan fingerprint density at radius 2 is 1.58 bits per heavy atom. The van der Waals surface area contributed by atoms with Crippen molar-refractivity contribution >= 4 is 11.8 Å². The van der Waals surface area contributed by atoms with Crippen molar-refractivity contribution in [2.24, 2.45) is 0 Å². The molecular weight excluding hydrogens is 309 g/mol. The number of hydrogen-bond donors (Lipinski definition) is 1. The minimum absolute atomic E-state index is 0.0595. The maximum Gasteiger partial charge on any atom is 0.227 e. The largest absolute Gasteiger partial charge is 0.367 e. The number of carbonyl (C=O) groups is 2. The van der Waals surface area contributed by atoms with E-state index in [0.29, 0.717) is 38.2 Å². The Morgan fingerprint density at radius 1 is 0.958 bits per heavy atom. The number of carbonyl (C=O) groups excluding carboxylic acids is 2. The van der Waals surface area contributed by atoms with Crippen LogP contribution in [0.25, 0.3) is 0 Å². The highest BCUT2D eigenvalue weighted by atomic mass is 19.1. The molecule has 1 aliphatic heterocycles. The van der Waals surface area contributed by atoms with Gasteiger partial charge in [-0.1, -0.05) is 18.2 Å². The van der Waals surface area contributed by atoms with Crippen LogP contribution in [-0.4, -0.2) is 52.8 Å². The zero-order valence-electron chi connectivity index (χ0n) is 13.4. The summed E-state index contributed by atoms with van der Waals surface area (Å²) in [6.45, 7) is 2.02. The summed E-state index contributed by atoms with van der Waals surface area (Å²) in [6.07, 6.45) is 4.03. The molecule has 6 heteroatoms. The molecule has 1 aromatic heterocycles. The second-order valence-corrected chi connectivity index (χ2v) is 5.93. The number of nitrogens with one attached hydrogen (secondary N) is 1. The lowest BCUT2D eigenvalue weighted by Crippen LogP contribution is -2.51. The first-order valence-electron chi connectivity index (χ1n) is 8.04. The van der Waals surface area contributed by atoms with E-state index in [1.54, 1.807) is 34.2 Å². The molecule has 0 bridgehead atoms. The Kier molecular flexibility index (Phi) is 4.93. The van der Waals surface area contributed by atoms with Crippen molar-refractivity contribution in [1.29, 1.82) is 0 Å². The van der Waals surface area contributed by atoms with Gasteiger partial charge in [0, 0.05) is 38.6 Å². The van der Waals surface area contributed by atoms with Gasteiger partial charge in [0.15, 0.2) is 0 Å². The van der Waals surface area contributed by atoms with Crippen LogP contribution in [0.5, 0.6) is 0 Å². The number of amides is 2. The Bertz CT molecular complexity index is 707. The van der Waals surface area contributed by atoms with Crippen LogP contribution in [0.4, 0.5) is 4.39 Å². The topological polar surface area (TPSA) is 56.4 Å². The van der Waals surface area contributed by atoms with Crippen LogP contribution in [0.1, 0.15) is 11.1 Å². The maximum atomic E-state index is 13.6. The van der Waals surface area contributed by atoms with Gasteiger partial charge < -0.3 is 14.8 Å². The summed E-state index contributed by atoms with van der Waals surface area (Å²) >= 11 is 0. The molecule has 3 rings (SSSR count). The van der Waals surface area contributed by atoms with Crippen LogP contribution in [0.2, 0.25) is 0 Å². The van der Waals surface area contributed by atoms with Crippen molar-refractivity contribution in [3.05, 3.63) is 59.7 Å². The molecule has 0 radical (unpaired) electrons. The van der Waals surface area contributed by atoms with Crippen LogP contribution in [0.15, 0.2) is 42.7 Å². The first-order valence-corrected chi connectivity index (χ1v) is 8.04. The summed E-state index contributed by atoms with van der Waals surface area (Å²) in [5.41, 5.74) is 1.37. The van der Waals surface area contributed by atoms with E-state index in [2.05, 4.69) is 4.98 Å². The molecule has 1 fully saturated rings. The van der Waals surface area contributed by atoms with Crippen molar-refractivity contribution < 1.29 is 14.0 Å². The molecule has 24 heavy (non-hydrogen) atoms. The van der Waals surface area contributed by atoms with E-state index in [1.807, 2.05) is 12.3 Å². The molecule has 0 spiro atoms. The van der Waals surface area contributed by atoms with E-state index in [-0.39, 0.29) is 24.1 Å². The third-order valence-corrected chi connectivity index (χ3v) is 4.30. The van der Waals surface area contributed by atoms with Crippen molar-refractivity contribution in [3.63, 3.8) is 0 Å². The third kappa shape index (κ3) is 3.82. The Labute approximate surface area is 140 Å². The number of benzene rings is 1. The van der Waals surface area contributed by atoms with Crippen LogP contribution < -0.4 is 0 Å². The molecule has 1 saturated heterocycles. The summed E-state index contributed by atoms with van der Waals surface area (Å²) in [4.78, 5) is 31.0. The molecular formula is C18H20FN3O2. The monoisotopic (exact) mass is 329 g/mol. The van der Waals surface area contributed by atoms with E-state index in [1.165, 1.54) is 6.07 Å². The number of rotatable bonds is 4. The fraction of sp³-hybridized carbons (Fsp3) is 0.333. The average Bonchev–Trinajstić information content (AvgIpc) is 3.10. The fourth-order valence-electron chi connectivity index (χ4n) is 2.88. The number of aromatic amines is 1. The molecule has 0 saturated carbocycles. The van der Waals surface area contributed by atoms with E-state index in [4.69, 9.17) is 0 Å². The molecule has 0 unspecified atom stereocenters. The van der Waals surface area contributed by atoms with Gasteiger partial charge in [-0.2, -0.15) is 0 Å². The predicted molar refractivity (Wildman–Crippen MR) is 87.8 cm³/mol. The van der Waals surface area contributed by atoms with E-state index < -0.39 is 0 Å². The number of nitrogens with zero attached hydrogens (tertiary/aromatic N) is 2. The van der Waals surface area contributed by atoms with Crippen molar-refractivity contribution in [1.82, 2.24) is 14.8 Å². The van der Waals surface area contributed by atoms with Gasteiger partial charge in [-0.15, -0.1) is 0 Å². The first kappa shape index (κ1) is 16.2. The summed E-state index contributed by atoms with van der Waals surface area (Å²) in [5, 5.41) is 0. The molecule has 1 aliphatic rings. The lowest BCUT2D eigenvalue weighted by atomic mass is 10.1. The van der Waals surface area contributed by atoms with Gasteiger partial charge >= 0.3 is 0 Å². The Hall–Kier alpha value is -2.63. The highest BCUT2D eigenvalue weighted by molar-refractivity contribution is 5.81. The van der Waals surface area contributed by atoms with Gasteiger partial charge in [-0.3, -0.25) is 9.59 Å². The minimum atomic E-state index is -0.355. The normalized spacial score (nSPS) is 14.7. The molecule has 0 aliphatic carbocycles. The van der Waals surface area contributed by atoms with E-state index in [9.17, 15) is 14.0 Å². The Balaban J connectivity index is 1.50. The number of H-pyrrole nitrogens is 1. The van der Waals surface area contributed by atoms with Gasteiger partial charge in [0.2, 0.25) is 11.8 Å². The quantitative estimate of drug-likeness (QED) is 0.926. The number of aromatic nitrogens is 1. The second-order valence-electron chi connectivity index (χ2n) is 5.93. The van der Waals surface area contributed by atoms with Crippen LogP contribution >= 0.6 is 0 Å². The van der Waals surface area contributed by atoms with Crippen molar-refractivity contribution in [2.45, 2.75) is 12.8 Å². The fourth-order valence-corrected chi connectivity index (χ4v) is 2.88. The number of halogens is 1. The molecule has 2 heterocycles. The standard InChI is InChI=1S/C18H20FN3O2/c19-16-4-2-1-3-15(16)12-18(24)22-9-7-21(8-10-22)17(23)11-14-5-6-20-13-14/h1-6,13,20H,7-12H2. The maximum absolute atomic E-state index is 13.6. The molecule has 126 valence electrons. The zero-order chi connectivity index (χ0) is 16.9. The molecule has 2 aromatic rings. The molecule has 0 atom stereocenters. The van der Waals surface area contributed by atoms with Gasteiger partial charge in [-0.05, 0) is 23.3 Å². The number of piperazine rings is 1. The molecule has 2 amide bonds. The lowest BCUT2D eigenvalue weighted by molar-refractivity contribution is -0.138. The predicted octanol–water partition coefficient (Wildman–Crippen LogP) is 1.61. The first-order chi connectivity index (χ1) is 11.6. The minimum Gasteiger partial charge on any atom is -0.367 e. The van der Waals surface area contributed by atoms with Crippen LogP contribution in [-0.2, 0) is 22.4 Å². The molecule has 5 nitrogen and oxygen atoms in total. The Morgan fingerprint density at radius 3 is 2.17 bits per heavy atom. The third-order valence-electron chi connectivity index (χ3n) is 4.30. The van der Waals surface area contributed by atoms with Crippen LogP contribution in [0.3, 0.4) is 0 Å². The van der Waals surface area contributed by atoms with Gasteiger partial charge in [0.25, 0.3) is 0 Å². The lowest BCUT2D eigenvalue weighted by Gasteiger charge is -2.35. The highest BCUT2D eigenvalue weighted by Gasteiger charge is 2.24. The molecule has 1 N–H and O–H groups in total. The SMILES string of the molecule is O=C(Cc1cc[nH]c1)N1CCN(C(=O)Cc2ccccc2F)CC1. The summed E-state index contributed by atoms with van der Waals surface area (Å²) in [6, 6.07) is 8.21. The summed E-state index contributed by atoms with van der Waals surface area (Å²) in [7, 11) is 0. The number of hydrogen-bond acceptors (Lipinski definition) is 2.